The van der Waals surface area contributed by atoms with Gasteiger partial charge in [-0.05, 0) is 31.0 Å². The van der Waals surface area contributed by atoms with Crippen LogP contribution in [-0.4, -0.2) is 39.1 Å². The van der Waals surface area contributed by atoms with Gasteiger partial charge in [0.25, 0.3) is 5.91 Å². The molecule has 0 radical (unpaired) electrons. The third kappa shape index (κ3) is 8.16. The van der Waals surface area contributed by atoms with Crippen molar-refractivity contribution < 1.29 is 18.0 Å². The van der Waals surface area contributed by atoms with Crippen molar-refractivity contribution in [1.29, 1.82) is 0 Å². The maximum Gasteiger partial charge on any atom is 0.251 e. The molecule has 1 unspecified atom stereocenters. The fourth-order valence-electron chi connectivity index (χ4n) is 2.49. The van der Waals surface area contributed by atoms with E-state index in [1.807, 2.05) is 6.92 Å². The lowest BCUT2D eigenvalue weighted by Gasteiger charge is -2.13. The van der Waals surface area contributed by atoms with Crippen LogP contribution >= 0.6 is 0 Å². The summed E-state index contributed by atoms with van der Waals surface area (Å²) < 4.78 is 24.4. The van der Waals surface area contributed by atoms with Gasteiger partial charge in [-0.3, -0.25) is 9.59 Å². The summed E-state index contributed by atoms with van der Waals surface area (Å²) in [5.41, 5.74) is 1.01. The fourth-order valence-corrected chi connectivity index (χ4v) is 3.78. The minimum atomic E-state index is -3.56. The van der Waals surface area contributed by atoms with Crippen molar-refractivity contribution in [2.45, 2.75) is 51.3 Å². The van der Waals surface area contributed by atoms with Crippen LogP contribution in [0, 0.1) is 0 Å². The number of rotatable bonds is 10. The number of hydrogen-bond donors (Lipinski definition) is 2. The van der Waals surface area contributed by atoms with Gasteiger partial charge in [-0.1, -0.05) is 38.3 Å². The van der Waals surface area contributed by atoms with Crippen LogP contribution in [0.1, 0.15) is 55.5 Å². The smallest absolute Gasteiger partial charge is 0.251 e. The second-order valence-electron chi connectivity index (χ2n) is 6.27. The third-order valence-corrected chi connectivity index (χ3v) is 5.30. The molecule has 0 saturated heterocycles. The summed E-state index contributed by atoms with van der Waals surface area (Å²) in [6, 6.07) is 6.29. The van der Waals surface area contributed by atoms with E-state index in [-0.39, 0.29) is 17.7 Å². The predicted octanol–water partition coefficient (Wildman–Crippen LogP) is 2.05. The highest BCUT2D eigenvalue weighted by Crippen LogP contribution is 2.10. The number of unbranched alkanes of at least 4 members (excludes halogenated alkanes) is 2. The lowest BCUT2D eigenvalue weighted by molar-refractivity contribution is -0.119. The van der Waals surface area contributed by atoms with E-state index in [0.717, 1.165) is 25.7 Å². The second kappa shape index (κ2) is 10.2. The quantitative estimate of drug-likeness (QED) is 0.618. The molecule has 1 aromatic carbocycles. The Labute approximate surface area is 150 Å². The summed E-state index contributed by atoms with van der Waals surface area (Å²) in [5, 5.41) is 5.24. The molecule has 1 atom stereocenters. The topological polar surface area (TPSA) is 92.3 Å². The number of benzene rings is 1. The molecule has 1 rings (SSSR count). The van der Waals surface area contributed by atoms with Gasteiger partial charge in [0.05, 0.1) is 5.75 Å². The molecule has 0 saturated carbocycles. The first kappa shape index (κ1) is 21.2. The number of carbonyl (C=O) groups excluding carboxylic acids is 2. The lowest BCUT2D eigenvalue weighted by Crippen LogP contribution is -2.37. The summed E-state index contributed by atoms with van der Waals surface area (Å²) in [4.78, 5) is 23.4. The molecule has 0 heterocycles. The van der Waals surface area contributed by atoms with E-state index in [4.69, 9.17) is 0 Å². The van der Waals surface area contributed by atoms with E-state index in [1.165, 1.54) is 7.05 Å². The van der Waals surface area contributed by atoms with Gasteiger partial charge < -0.3 is 10.6 Å². The molecule has 7 heteroatoms. The van der Waals surface area contributed by atoms with Crippen LogP contribution in [0.15, 0.2) is 24.3 Å². The predicted molar refractivity (Wildman–Crippen MR) is 99.1 cm³/mol. The molecule has 0 fully saturated rings. The Kier molecular flexibility index (Phi) is 8.61. The molecule has 140 valence electrons. The lowest BCUT2D eigenvalue weighted by atomic mass is 10.1. The van der Waals surface area contributed by atoms with Gasteiger partial charge in [-0.25, -0.2) is 8.42 Å². The molecule has 25 heavy (non-hydrogen) atoms. The van der Waals surface area contributed by atoms with Crippen LogP contribution < -0.4 is 10.6 Å². The van der Waals surface area contributed by atoms with Gasteiger partial charge in [-0.15, -0.1) is 0 Å². The molecule has 2 amide bonds. The number of carbonyl (C=O) groups is 2. The highest BCUT2D eigenvalue weighted by molar-refractivity contribution is 7.91. The molecular formula is C18H28N2O4S. The van der Waals surface area contributed by atoms with Gasteiger partial charge in [0.1, 0.15) is 5.75 Å². The molecule has 0 aliphatic rings. The third-order valence-electron chi connectivity index (χ3n) is 3.83. The molecule has 0 aliphatic carbocycles. The SMILES string of the molecule is CCCCCC(C)NC(=O)CS(=O)(=O)Cc1ccc(C(=O)NC)cc1. The van der Waals surface area contributed by atoms with Crippen LogP contribution in [0.25, 0.3) is 0 Å². The van der Waals surface area contributed by atoms with Crippen LogP contribution in [0.4, 0.5) is 0 Å². The second-order valence-corrected chi connectivity index (χ2v) is 8.34. The summed E-state index contributed by atoms with van der Waals surface area (Å²) in [5.74, 6) is -1.45. The van der Waals surface area contributed by atoms with E-state index < -0.39 is 21.5 Å². The van der Waals surface area contributed by atoms with Crippen LogP contribution in [0.2, 0.25) is 0 Å². The van der Waals surface area contributed by atoms with Gasteiger partial charge in [0.15, 0.2) is 9.84 Å². The van der Waals surface area contributed by atoms with Gasteiger partial charge >= 0.3 is 0 Å². The Morgan fingerprint density at radius 2 is 1.76 bits per heavy atom. The number of nitrogens with one attached hydrogen (secondary N) is 2. The molecule has 0 bridgehead atoms. The molecule has 1 aromatic rings. The van der Waals surface area contributed by atoms with Crippen molar-refractivity contribution in [3.63, 3.8) is 0 Å². The van der Waals surface area contributed by atoms with Crippen LogP contribution in [0.5, 0.6) is 0 Å². The van der Waals surface area contributed by atoms with Gasteiger partial charge in [0.2, 0.25) is 5.91 Å². The zero-order valence-electron chi connectivity index (χ0n) is 15.2. The average Bonchev–Trinajstić information content (AvgIpc) is 2.53. The Morgan fingerprint density at radius 1 is 1.12 bits per heavy atom. The highest BCUT2D eigenvalue weighted by atomic mass is 32.2. The largest absolute Gasteiger partial charge is 0.355 e. The summed E-state index contributed by atoms with van der Waals surface area (Å²) in [6.07, 6.45) is 4.07. The fraction of sp³-hybridized carbons (Fsp3) is 0.556. The molecule has 0 spiro atoms. The summed E-state index contributed by atoms with van der Waals surface area (Å²) >= 11 is 0. The normalized spacial score (nSPS) is 12.4. The van der Waals surface area contributed by atoms with E-state index in [2.05, 4.69) is 17.6 Å². The highest BCUT2D eigenvalue weighted by Gasteiger charge is 2.19. The molecular weight excluding hydrogens is 340 g/mol. The standard InChI is InChI=1S/C18H28N2O4S/c1-4-5-6-7-14(2)20-17(21)13-25(23,24)12-15-8-10-16(11-9-15)18(22)19-3/h8-11,14H,4-7,12-13H2,1-3H3,(H,19,22)(H,20,21). The Hall–Kier alpha value is -1.89. The first-order valence-corrected chi connectivity index (χ1v) is 10.4. The monoisotopic (exact) mass is 368 g/mol. The van der Waals surface area contributed by atoms with Crippen molar-refractivity contribution in [3.05, 3.63) is 35.4 Å². The van der Waals surface area contributed by atoms with E-state index in [1.54, 1.807) is 24.3 Å². The van der Waals surface area contributed by atoms with E-state index >= 15 is 0 Å². The van der Waals surface area contributed by atoms with Crippen molar-refractivity contribution in [3.8, 4) is 0 Å². The molecule has 0 aromatic heterocycles. The van der Waals surface area contributed by atoms with Gasteiger partial charge in [0, 0.05) is 18.7 Å². The number of sulfone groups is 1. The summed E-state index contributed by atoms with van der Waals surface area (Å²) in [6.45, 7) is 3.99. The number of hydrogen-bond acceptors (Lipinski definition) is 4. The molecule has 0 aliphatic heterocycles. The zero-order valence-corrected chi connectivity index (χ0v) is 16.0. The molecule has 2 N–H and O–H groups in total. The number of amides is 2. The Bertz CT molecular complexity index is 669. The first-order valence-electron chi connectivity index (χ1n) is 8.58. The average molecular weight is 368 g/mol. The Morgan fingerprint density at radius 3 is 2.32 bits per heavy atom. The Balaban J connectivity index is 2.54. The van der Waals surface area contributed by atoms with E-state index in [9.17, 15) is 18.0 Å². The molecule has 6 nitrogen and oxygen atoms in total. The maximum absolute atomic E-state index is 12.2. The van der Waals surface area contributed by atoms with Crippen LogP contribution in [0.3, 0.4) is 0 Å². The minimum absolute atomic E-state index is 0.0268. The van der Waals surface area contributed by atoms with Crippen molar-refractivity contribution in [1.82, 2.24) is 10.6 Å². The zero-order chi connectivity index (χ0) is 18.9. The van der Waals surface area contributed by atoms with Crippen molar-refractivity contribution >= 4 is 21.7 Å². The maximum atomic E-state index is 12.2. The van der Waals surface area contributed by atoms with E-state index in [0.29, 0.717) is 11.1 Å². The van der Waals surface area contributed by atoms with Crippen molar-refractivity contribution in [2.75, 3.05) is 12.8 Å². The van der Waals surface area contributed by atoms with Crippen molar-refractivity contribution in [2.24, 2.45) is 0 Å². The van der Waals surface area contributed by atoms with Gasteiger partial charge in [-0.2, -0.15) is 0 Å². The van der Waals surface area contributed by atoms with Crippen LogP contribution in [-0.2, 0) is 20.4 Å². The summed E-state index contributed by atoms with van der Waals surface area (Å²) in [7, 11) is -2.03. The first-order chi connectivity index (χ1) is 11.8. The minimum Gasteiger partial charge on any atom is -0.355 e.